The van der Waals surface area contributed by atoms with E-state index >= 15 is 0 Å². The molecule has 0 amide bonds. The van der Waals surface area contributed by atoms with Gasteiger partial charge in [-0.3, -0.25) is 0 Å². The third kappa shape index (κ3) is 3.70. The van der Waals surface area contributed by atoms with Crippen molar-refractivity contribution in [3.05, 3.63) is 83.4 Å². The minimum absolute atomic E-state index is 0.162. The van der Waals surface area contributed by atoms with Crippen LogP contribution in [0.3, 0.4) is 0 Å². The molecule has 0 unspecified atom stereocenters. The number of hydrogen-bond acceptors (Lipinski definition) is 1. The largest absolute Gasteiger partial charge is 0.389 e. The zero-order valence-corrected chi connectivity index (χ0v) is 15.6. The zero-order valence-electron chi connectivity index (χ0n) is 15.6. The molecule has 2 aromatic rings. The average molecular weight is 336 g/mol. The molecule has 2 aromatic carbocycles. The molecule has 1 aliphatic rings. The highest BCUT2D eigenvalue weighted by molar-refractivity contribution is 5.27. The van der Waals surface area contributed by atoms with Crippen LogP contribution in [-0.4, -0.2) is 10.7 Å². The molecule has 0 bridgehead atoms. The maximum absolute atomic E-state index is 11.4. The van der Waals surface area contributed by atoms with E-state index in [0.717, 1.165) is 6.42 Å². The van der Waals surface area contributed by atoms with Gasteiger partial charge in [0.15, 0.2) is 0 Å². The van der Waals surface area contributed by atoms with E-state index in [1.165, 1.54) is 22.3 Å². The first-order valence-electron chi connectivity index (χ1n) is 9.24. The van der Waals surface area contributed by atoms with Crippen LogP contribution in [0.1, 0.15) is 54.1 Å². The van der Waals surface area contributed by atoms with Gasteiger partial charge in [0.1, 0.15) is 12.1 Å². The Morgan fingerprint density at radius 2 is 1.56 bits per heavy atom. The summed E-state index contributed by atoms with van der Waals surface area (Å²) in [6, 6.07) is 18.0. The van der Waals surface area contributed by atoms with Gasteiger partial charge in [0, 0.05) is 23.5 Å². The van der Waals surface area contributed by atoms with Crippen molar-refractivity contribution in [3.8, 4) is 0 Å². The Hall–Kier alpha value is -1.90. The Kier molecular flexibility index (Phi) is 5.12. The van der Waals surface area contributed by atoms with Crippen molar-refractivity contribution in [1.82, 2.24) is 0 Å². The van der Waals surface area contributed by atoms with E-state index in [0.29, 0.717) is 6.42 Å². The summed E-state index contributed by atoms with van der Waals surface area (Å²) in [5.74, 6) is 0.162. The predicted octanol–water partition coefficient (Wildman–Crippen LogP) is 4.00. The second-order valence-electron chi connectivity index (χ2n) is 7.74. The molecule has 0 saturated carbocycles. The lowest BCUT2D eigenvalue weighted by Gasteiger charge is -2.44. The van der Waals surface area contributed by atoms with Crippen LogP contribution >= 0.6 is 0 Å². The number of hydrogen-bond donors (Lipinski definition) is 2. The summed E-state index contributed by atoms with van der Waals surface area (Å²) in [5.41, 5.74) is 4.39. The van der Waals surface area contributed by atoms with E-state index in [4.69, 9.17) is 0 Å². The van der Waals surface area contributed by atoms with Gasteiger partial charge in [-0.25, -0.2) is 0 Å². The molecule has 1 heterocycles. The lowest BCUT2D eigenvalue weighted by atomic mass is 9.70. The number of quaternary nitrogens is 1. The molecule has 0 radical (unpaired) electrons. The molecule has 25 heavy (non-hydrogen) atoms. The van der Waals surface area contributed by atoms with E-state index in [1.807, 2.05) is 6.08 Å². The Morgan fingerprint density at radius 1 is 1.04 bits per heavy atom. The number of rotatable bonds is 4. The van der Waals surface area contributed by atoms with Crippen LogP contribution in [0.4, 0.5) is 0 Å². The lowest BCUT2D eigenvalue weighted by Crippen LogP contribution is -2.91. The highest BCUT2D eigenvalue weighted by atomic mass is 16.3. The van der Waals surface area contributed by atoms with E-state index in [-0.39, 0.29) is 18.0 Å². The molecule has 2 nitrogen and oxygen atoms in total. The number of piperidine rings is 1. The molecule has 0 spiro atoms. The zero-order chi connectivity index (χ0) is 18.0. The number of aliphatic hydroxyl groups is 1. The molecule has 1 fully saturated rings. The van der Waals surface area contributed by atoms with E-state index < -0.39 is 5.60 Å². The Labute approximate surface area is 151 Å². The lowest BCUT2D eigenvalue weighted by molar-refractivity contribution is -0.756. The van der Waals surface area contributed by atoms with Crippen LogP contribution in [0.15, 0.2) is 61.2 Å². The van der Waals surface area contributed by atoms with Crippen LogP contribution in [0.5, 0.6) is 0 Å². The first-order chi connectivity index (χ1) is 11.9. The van der Waals surface area contributed by atoms with Gasteiger partial charge in [-0.15, -0.1) is 6.58 Å². The van der Waals surface area contributed by atoms with Crippen molar-refractivity contribution >= 4 is 0 Å². The first kappa shape index (κ1) is 17.9. The minimum Gasteiger partial charge on any atom is -0.389 e. The van der Waals surface area contributed by atoms with Crippen LogP contribution in [0.2, 0.25) is 0 Å². The number of nitrogens with two attached hydrogens (primary N) is 1. The van der Waals surface area contributed by atoms with Crippen molar-refractivity contribution < 1.29 is 10.4 Å². The quantitative estimate of drug-likeness (QED) is 0.814. The normalized spacial score (nSPS) is 29.4. The van der Waals surface area contributed by atoms with Crippen LogP contribution in [-0.2, 0) is 0 Å². The summed E-state index contributed by atoms with van der Waals surface area (Å²) in [7, 11) is 0. The van der Waals surface area contributed by atoms with Crippen LogP contribution < -0.4 is 5.32 Å². The van der Waals surface area contributed by atoms with E-state index in [9.17, 15) is 5.11 Å². The van der Waals surface area contributed by atoms with E-state index in [2.05, 4.69) is 81.2 Å². The van der Waals surface area contributed by atoms with Gasteiger partial charge >= 0.3 is 0 Å². The smallest absolute Gasteiger partial charge is 0.117 e. The monoisotopic (exact) mass is 336 g/mol. The summed E-state index contributed by atoms with van der Waals surface area (Å²) in [4.78, 5) is 0. The fraction of sp³-hybridized carbons (Fsp3) is 0.391. The number of aryl methyl sites for hydroxylation is 2. The summed E-state index contributed by atoms with van der Waals surface area (Å²) >= 11 is 0. The van der Waals surface area contributed by atoms with Gasteiger partial charge in [0.05, 0.1) is 5.60 Å². The standard InChI is InChI=1S/C23H29NO/c1-5-14-23(25)15-21(19-10-6-16(2)7-11-19)24-22(18(23)4)20-12-8-17(3)9-13-20/h5-13,18,21-22,24-25H,1,14-15H2,2-4H3/p+1/t18-,21+,22-,23+/m1/s1. The molecule has 3 rings (SSSR count). The molecule has 0 aromatic heterocycles. The maximum atomic E-state index is 11.4. The third-order valence-corrected chi connectivity index (χ3v) is 5.86. The molecular weight excluding hydrogens is 306 g/mol. The average Bonchev–Trinajstić information content (AvgIpc) is 2.59. The fourth-order valence-corrected chi connectivity index (χ4v) is 4.14. The van der Waals surface area contributed by atoms with Gasteiger partial charge < -0.3 is 10.4 Å². The van der Waals surface area contributed by atoms with Crippen molar-refractivity contribution in [1.29, 1.82) is 0 Å². The van der Waals surface area contributed by atoms with Gasteiger partial charge in [0.2, 0.25) is 0 Å². The van der Waals surface area contributed by atoms with Crippen molar-refractivity contribution in [2.75, 3.05) is 0 Å². The van der Waals surface area contributed by atoms with Crippen LogP contribution in [0, 0.1) is 19.8 Å². The number of benzene rings is 2. The summed E-state index contributed by atoms with van der Waals surface area (Å²) in [6.07, 6.45) is 3.25. The molecular formula is C23H30NO+. The highest BCUT2D eigenvalue weighted by Gasteiger charge is 2.48. The van der Waals surface area contributed by atoms with Gasteiger partial charge in [-0.1, -0.05) is 72.7 Å². The van der Waals surface area contributed by atoms with E-state index in [1.54, 1.807) is 0 Å². The summed E-state index contributed by atoms with van der Waals surface area (Å²) in [5, 5.41) is 13.9. The topological polar surface area (TPSA) is 36.8 Å². The van der Waals surface area contributed by atoms with Gasteiger partial charge in [0.25, 0.3) is 0 Å². The summed E-state index contributed by atoms with van der Waals surface area (Å²) < 4.78 is 0. The summed E-state index contributed by atoms with van der Waals surface area (Å²) in [6.45, 7) is 10.3. The molecule has 1 aliphatic heterocycles. The third-order valence-electron chi connectivity index (χ3n) is 5.86. The molecule has 132 valence electrons. The SMILES string of the molecule is C=CC[C@]1(O)C[C@@H](c2ccc(C)cc2)[NH2+][C@@H](c2ccc(C)cc2)[C@H]1C. The van der Waals surface area contributed by atoms with Gasteiger partial charge in [-0.2, -0.15) is 0 Å². The van der Waals surface area contributed by atoms with Crippen molar-refractivity contribution in [3.63, 3.8) is 0 Å². The predicted molar refractivity (Wildman–Crippen MR) is 103 cm³/mol. The molecule has 2 heteroatoms. The first-order valence-corrected chi connectivity index (χ1v) is 9.24. The van der Waals surface area contributed by atoms with Crippen molar-refractivity contribution in [2.45, 2.75) is 51.3 Å². The van der Waals surface area contributed by atoms with Gasteiger partial charge in [-0.05, 0) is 20.3 Å². The second kappa shape index (κ2) is 7.15. The maximum Gasteiger partial charge on any atom is 0.117 e. The highest BCUT2D eigenvalue weighted by Crippen LogP contribution is 2.40. The minimum atomic E-state index is -0.721. The Bertz CT molecular complexity index is 719. The Morgan fingerprint density at radius 3 is 2.08 bits per heavy atom. The molecule has 1 saturated heterocycles. The molecule has 0 aliphatic carbocycles. The van der Waals surface area contributed by atoms with Crippen molar-refractivity contribution in [2.24, 2.45) is 5.92 Å². The molecule has 3 N–H and O–H groups in total. The second-order valence-corrected chi connectivity index (χ2v) is 7.74. The molecule has 4 atom stereocenters. The van der Waals surface area contributed by atoms with Crippen LogP contribution in [0.25, 0.3) is 0 Å². The Balaban J connectivity index is 1.97. The fourth-order valence-electron chi connectivity index (χ4n) is 4.14.